The molecule has 0 aromatic carbocycles. The standard InChI is InChI=1S/C13H20N2O3S/c1-19(16,17)15-8-12-3-2-5-14(13(12)9-15)7-11-4-6-18-10-11/h4,6,10,12-13H,2-3,5,7-9H2,1H3/t12-,13+/m1/s1. The Morgan fingerprint density at radius 3 is 2.95 bits per heavy atom. The second-order valence-corrected chi connectivity index (χ2v) is 7.63. The van der Waals surface area contributed by atoms with Crippen LogP contribution in [0.15, 0.2) is 23.0 Å². The minimum Gasteiger partial charge on any atom is -0.472 e. The summed E-state index contributed by atoms with van der Waals surface area (Å²) in [5.41, 5.74) is 1.17. The first-order valence-electron chi connectivity index (χ1n) is 6.74. The molecule has 0 saturated carbocycles. The third-order valence-corrected chi connectivity index (χ3v) is 5.53. The van der Waals surface area contributed by atoms with Gasteiger partial charge in [0.2, 0.25) is 10.0 Å². The van der Waals surface area contributed by atoms with Gasteiger partial charge in [-0.1, -0.05) is 0 Å². The lowest BCUT2D eigenvalue weighted by Crippen LogP contribution is -2.44. The predicted octanol–water partition coefficient (Wildman–Crippen LogP) is 1.14. The Bertz CT molecular complexity index is 526. The largest absolute Gasteiger partial charge is 0.472 e. The Kier molecular flexibility index (Phi) is 3.41. The maximum atomic E-state index is 11.7. The van der Waals surface area contributed by atoms with E-state index < -0.39 is 10.0 Å². The molecule has 2 saturated heterocycles. The Morgan fingerprint density at radius 1 is 1.42 bits per heavy atom. The highest BCUT2D eigenvalue weighted by Gasteiger charge is 2.41. The van der Waals surface area contributed by atoms with Crippen LogP contribution >= 0.6 is 0 Å². The van der Waals surface area contributed by atoms with Gasteiger partial charge in [0.1, 0.15) is 0 Å². The second-order valence-electron chi connectivity index (χ2n) is 5.65. The molecule has 3 rings (SSSR count). The Labute approximate surface area is 114 Å². The van der Waals surface area contributed by atoms with E-state index in [-0.39, 0.29) is 0 Å². The number of nitrogens with zero attached hydrogens (tertiary/aromatic N) is 2. The molecule has 106 valence electrons. The summed E-state index contributed by atoms with van der Waals surface area (Å²) in [6.45, 7) is 3.23. The Hall–Kier alpha value is -0.850. The van der Waals surface area contributed by atoms with Crippen LogP contribution < -0.4 is 0 Å². The topological polar surface area (TPSA) is 53.8 Å². The molecule has 0 unspecified atom stereocenters. The summed E-state index contributed by atoms with van der Waals surface area (Å²) >= 11 is 0. The number of hydrogen-bond acceptors (Lipinski definition) is 4. The number of fused-ring (bicyclic) bond motifs is 1. The number of hydrogen-bond donors (Lipinski definition) is 0. The minimum absolute atomic E-state index is 0.360. The number of furan rings is 1. The molecule has 3 heterocycles. The van der Waals surface area contributed by atoms with E-state index in [4.69, 9.17) is 4.42 Å². The Balaban J connectivity index is 1.73. The van der Waals surface area contributed by atoms with Gasteiger partial charge >= 0.3 is 0 Å². The predicted molar refractivity (Wildman–Crippen MR) is 72.0 cm³/mol. The molecule has 2 fully saturated rings. The van der Waals surface area contributed by atoms with Crippen LogP contribution in [0.5, 0.6) is 0 Å². The summed E-state index contributed by atoms with van der Waals surface area (Å²) in [4.78, 5) is 2.41. The van der Waals surface area contributed by atoms with E-state index in [1.54, 1.807) is 16.8 Å². The van der Waals surface area contributed by atoms with E-state index in [0.717, 1.165) is 25.9 Å². The van der Waals surface area contributed by atoms with Crippen molar-refractivity contribution in [3.8, 4) is 0 Å². The molecule has 0 bridgehead atoms. The number of likely N-dealkylation sites (tertiary alicyclic amines) is 1. The molecule has 0 N–H and O–H groups in total. The molecule has 0 radical (unpaired) electrons. The number of piperidine rings is 1. The van der Waals surface area contributed by atoms with Crippen LogP contribution in [0.3, 0.4) is 0 Å². The average molecular weight is 284 g/mol. The van der Waals surface area contributed by atoms with Gasteiger partial charge in [0.15, 0.2) is 0 Å². The molecule has 0 amide bonds. The summed E-state index contributed by atoms with van der Waals surface area (Å²) in [5, 5.41) is 0. The van der Waals surface area contributed by atoms with Gasteiger partial charge in [0.25, 0.3) is 0 Å². The van der Waals surface area contributed by atoms with Gasteiger partial charge in [-0.05, 0) is 31.4 Å². The molecule has 1 aromatic rings. The summed E-state index contributed by atoms with van der Waals surface area (Å²) in [5.74, 6) is 0.482. The van der Waals surface area contributed by atoms with Gasteiger partial charge in [0, 0.05) is 31.2 Å². The second kappa shape index (κ2) is 4.92. The molecule has 0 aliphatic carbocycles. The van der Waals surface area contributed by atoms with Crippen molar-refractivity contribution in [1.82, 2.24) is 9.21 Å². The quantitative estimate of drug-likeness (QED) is 0.835. The normalized spacial score (nSPS) is 29.5. The van der Waals surface area contributed by atoms with E-state index in [2.05, 4.69) is 4.90 Å². The van der Waals surface area contributed by atoms with Crippen molar-refractivity contribution >= 4 is 10.0 Å². The van der Waals surface area contributed by atoms with Crippen LogP contribution in [0.4, 0.5) is 0 Å². The smallest absolute Gasteiger partial charge is 0.211 e. The van der Waals surface area contributed by atoms with Crippen molar-refractivity contribution in [3.63, 3.8) is 0 Å². The SMILES string of the molecule is CS(=O)(=O)N1C[C@H]2CCCN(Cc3ccoc3)[C@H]2C1. The molecular weight excluding hydrogens is 264 g/mol. The summed E-state index contributed by atoms with van der Waals surface area (Å²) < 4.78 is 30.1. The minimum atomic E-state index is -3.06. The highest BCUT2D eigenvalue weighted by molar-refractivity contribution is 7.88. The van der Waals surface area contributed by atoms with Crippen LogP contribution in [-0.4, -0.2) is 49.6 Å². The molecule has 5 nitrogen and oxygen atoms in total. The summed E-state index contributed by atoms with van der Waals surface area (Å²) in [6, 6.07) is 2.34. The van der Waals surface area contributed by atoms with E-state index in [1.807, 2.05) is 6.07 Å². The maximum Gasteiger partial charge on any atom is 0.211 e. The highest BCUT2D eigenvalue weighted by Crippen LogP contribution is 2.32. The molecule has 2 aliphatic rings. The molecule has 1 aromatic heterocycles. The van der Waals surface area contributed by atoms with E-state index >= 15 is 0 Å². The first-order chi connectivity index (χ1) is 9.04. The lowest BCUT2D eigenvalue weighted by atomic mass is 9.92. The van der Waals surface area contributed by atoms with Crippen LogP contribution in [0.2, 0.25) is 0 Å². The molecule has 6 heteroatoms. The van der Waals surface area contributed by atoms with Crippen molar-refractivity contribution in [3.05, 3.63) is 24.2 Å². The van der Waals surface area contributed by atoms with Crippen molar-refractivity contribution < 1.29 is 12.8 Å². The van der Waals surface area contributed by atoms with Gasteiger partial charge in [-0.15, -0.1) is 0 Å². The lowest BCUT2D eigenvalue weighted by molar-refractivity contribution is 0.117. The zero-order chi connectivity index (χ0) is 13.5. The van der Waals surface area contributed by atoms with Crippen molar-refractivity contribution in [2.45, 2.75) is 25.4 Å². The number of sulfonamides is 1. The van der Waals surface area contributed by atoms with Gasteiger partial charge in [0.05, 0.1) is 18.8 Å². The molecule has 19 heavy (non-hydrogen) atoms. The van der Waals surface area contributed by atoms with Crippen molar-refractivity contribution in [1.29, 1.82) is 0 Å². The third-order valence-electron chi connectivity index (χ3n) is 4.30. The first kappa shape index (κ1) is 13.1. The molecule has 2 atom stereocenters. The fourth-order valence-electron chi connectivity index (χ4n) is 3.32. The molecular formula is C13H20N2O3S. The van der Waals surface area contributed by atoms with E-state index in [9.17, 15) is 8.42 Å². The van der Waals surface area contributed by atoms with E-state index in [1.165, 1.54) is 11.8 Å². The van der Waals surface area contributed by atoms with Crippen molar-refractivity contribution in [2.24, 2.45) is 5.92 Å². The lowest BCUT2D eigenvalue weighted by Gasteiger charge is -2.36. The average Bonchev–Trinajstić information content (AvgIpc) is 2.96. The van der Waals surface area contributed by atoms with Crippen molar-refractivity contribution in [2.75, 3.05) is 25.9 Å². The summed E-state index contributed by atoms with van der Waals surface area (Å²) in [7, 11) is -3.06. The molecule has 2 aliphatic heterocycles. The van der Waals surface area contributed by atoms with Crippen LogP contribution in [0.1, 0.15) is 18.4 Å². The van der Waals surface area contributed by atoms with Gasteiger partial charge in [-0.2, -0.15) is 0 Å². The van der Waals surface area contributed by atoms with Gasteiger partial charge < -0.3 is 4.42 Å². The van der Waals surface area contributed by atoms with Gasteiger partial charge in [-0.25, -0.2) is 12.7 Å². The van der Waals surface area contributed by atoms with E-state index in [0.29, 0.717) is 25.0 Å². The Morgan fingerprint density at radius 2 is 2.26 bits per heavy atom. The first-order valence-corrected chi connectivity index (χ1v) is 8.59. The van der Waals surface area contributed by atoms with Crippen LogP contribution in [0, 0.1) is 5.92 Å². The monoisotopic (exact) mass is 284 g/mol. The van der Waals surface area contributed by atoms with Gasteiger partial charge in [-0.3, -0.25) is 4.90 Å². The fourth-order valence-corrected chi connectivity index (χ4v) is 4.21. The number of rotatable bonds is 3. The van der Waals surface area contributed by atoms with Crippen LogP contribution in [0.25, 0.3) is 0 Å². The fraction of sp³-hybridized carbons (Fsp3) is 0.692. The molecule has 0 spiro atoms. The summed E-state index contributed by atoms with van der Waals surface area (Å²) in [6.07, 6.45) is 7.06. The zero-order valence-electron chi connectivity index (χ0n) is 11.2. The van der Waals surface area contributed by atoms with Crippen LogP contribution in [-0.2, 0) is 16.6 Å². The zero-order valence-corrected chi connectivity index (χ0v) is 12.0. The highest BCUT2D eigenvalue weighted by atomic mass is 32.2. The maximum absolute atomic E-state index is 11.7. The third kappa shape index (κ3) is 2.70.